The molecule has 134 valence electrons. The van der Waals surface area contributed by atoms with E-state index in [4.69, 9.17) is 4.74 Å². The van der Waals surface area contributed by atoms with Crippen LogP contribution < -0.4 is 0 Å². The molecular weight excluding hydrogens is 324 g/mol. The van der Waals surface area contributed by atoms with Gasteiger partial charge in [0.05, 0.1) is 19.3 Å². The Hall–Kier alpha value is -1.82. The van der Waals surface area contributed by atoms with E-state index in [1.54, 1.807) is 24.3 Å². The number of β-amino-alcohol motifs (C(OH)–C–C–N with tert-alkyl or cyclic N) is 1. The van der Waals surface area contributed by atoms with Crippen molar-refractivity contribution in [2.24, 2.45) is 0 Å². The number of ether oxygens (including phenoxy) is 1. The second-order valence-electron chi connectivity index (χ2n) is 6.52. The Morgan fingerprint density at radius 3 is 2.84 bits per heavy atom. The average molecular weight is 347 g/mol. The maximum atomic E-state index is 13.5. The summed E-state index contributed by atoms with van der Waals surface area (Å²) in [6.07, 6.45) is 0.160. The highest BCUT2D eigenvalue weighted by atomic mass is 19.1. The standard InChI is InChI=1S/C20H23F2NO2/c1-14-19-10-17(21)7-6-15(19)8-9-23(14)11-18(24)13-25-12-16-4-2-3-5-20(16)22/h2-7,10,14,18,24H,8-9,11-13H2,1H3. The molecule has 2 aromatic carbocycles. The third-order valence-corrected chi connectivity index (χ3v) is 4.74. The highest BCUT2D eigenvalue weighted by molar-refractivity contribution is 5.32. The summed E-state index contributed by atoms with van der Waals surface area (Å²) in [5.41, 5.74) is 2.62. The van der Waals surface area contributed by atoms with Gasteiger partial charge in [-0.1, -0.05) is 24.3 Å². The molecule has 0 aromatic heterocycles. The molecule has 3 nitrogen and oxygen atoms in total. The summed E-state index contributed by atoms with van der Waals surface area (Å²) in [5, 5.41) is 10.2. The second kappa shape index (κ2) is 8.04. The number of aliphatic hydroxyl groups is 1. The van der Waals surface area contributed by atoms with Crippen LogP contribution in [-0.2, 0) is 17.8 Å². The number of fused-ring (bicyclic) bond motifs is 1. The van der Waals surface area contributed by atoms with Crippen molar-refractivity contribution in [2.45, 2.75) is 32.1 Å². The van der Waals surface area contributed by atoms with Crippen LogP contribution >= 0.6 is 0 Å². The Kier molecular flexibility index (Phi) is 5.78. The Bertz CT molecular complexity index is 723. The van der Waals surface area contributed by atoms with Crippen molar-refractivity contribution in [3.8, 4) is 0 Å². The van der Waals surface area contributed by atoms with Crippen molar-refractivity contribution in [3.63, 3.8) is 0 Å². The fourth-order valence-electron chi connectivity index (χ4n) is 3.33. The van der Waals surface area contributed by atoms with Gasteiger partial charge >= 0.3 is 0 Å². The summed E-state index contributed by atoms with van der Waals surface area (Å²) in [4.78, 5) is 2.12. The molecule has 0 fully saturated rings. The molecule has 1 N–H and O–H groups in total. The predicted octanol–water partition coefficient (Wildman–Crippen LogP) is 3.46. The zero-order valence-electron chi connectivity index (χ0n) is 14.3. The van der Waals surface area contributed by atoms with Crippen LogP contribution in [-0.4, -0.2) is 35.8 Å². The summed E-state index contributed by atoms with van der Waals surface area (Å²) >= 11 is 0. The first-order valence-electron chi connectivity index (χ1n) is 8.56. The van der Waals surface area contributed by atoms with Gasteiger partial charge in [0.2, 0.25) is 0 Å². The molecule has 0 spiro atoms. The normalized spacial score (nSPS) is 18.8. The van der Waals surface area contributed by atoms with E-state index in [2.05, 4.69) is 4.90 Å². The van der Waals surface area contributed by atoms with Crippen molar-refractivity contribution in [1.82, 2.24) is 4.90 Å². The van der Waals surface area contributed by atoms with E-state index in [9.17, 15) is 13.9 Å². The summed E-state index contributed by atoms with van der Waals surface area (Å²) in [5.74, 6) is -0.540. The maximum Gasteiger partial charge on any atom is 0.128 e. The fraction of sp³-hybridized carbons (Fsp3) is 0.400. The third kappa shape index (κ3) is 4.42. The van der Waals surface area contributed by atoms with Gasteiger partial charge in [0, 0.05) is 24.7 Å². The molecule has 0 radical (unpaired) electrons. The minimum Gasteiger partial charge on any atom is -0.389 e. The van der Waals surface area contributed by atoms with Crippen molar-refractivity contribution in [2.75, 3.05) is 19.7 Å². The molecule has 1 aliphatic rings. The number of aliphatic hydroxyl groups excluding tert-OH is 1. The van der Waals surface area contributed by atoms with E-state index < -0.39 is 6.10 Å². The van der Waals surface area contributed by atoms with Crippen LogP contribution in [0.5, 0.6) is 0 Å². The van der Waals surface area contributed by atoms with Crippen LogP contribution in [0.2, 0.25) is 0 Å². The molecule has 1 aliphatic heterocycles. The first-order chi connectivity index (χ1) is 12.0. The molecular formula is C20H23F2NO2. The Morgan fingerprint density at radius 1 is 1.24 bits per heavy atom. The molecule has 2 unspecified atom stereocenters. The molecule has 2 atom stereocenters. The molecule has 0 saturated heterocycles. The van der Waals surface area contributed by atoms with Gasteiger partial charge in [-0.05, 0) is 42.7 Å². The average Bonchev–Trinajstić information content (AvgIpc) is 2.59. The number of nitrogens with zero attached hydrogens (tertiary/aromatic N) is 1. The first-order valence-corrected chi connectivity index (χ1v) is 8.56. The Morgan fingerprint density at radius 2 is 2.04 bits per heavy atom. The smallest absolute Gasteiger partial charge is 0.128 e. The zero-order valence-corrected chi connectivity index (χ0v) is 14.3. The molecule has 0 bridgehead atoms. The van der Waals surface area contributed by atoms with E-state index in [1.807, 2.05) is 13.0 Å². The van der Waals surface area contributed by atoms with Gasteiger partial charge in [-0.25, -0.2) is 8.78 Å². The van der Waals surface area contributed by atoms with Crippen molar-refractivity contribution >= 4 is 0 Å². The minimum atomic E-state index is -0.677. The van der Waals surface area contributed by atoms with Gasteiger partial charge in [-0.15, -0.1) is 0 Å². The fourth-order valence-corrected chi connectivity index (χ4v) is 3.33. The lowest BCUT2D eigenvalue weighted by Gasteiger charge is -2.36. The molecule has 25 heavy (non-hydrogen) atoms. The largest absolute Gasteiger partial charge is 0.389 e. The van der Waals surface area contributed by atoms with Crippen LogP contribution in [0.15, 0.2) is 42.5 Å². The van der Waals surface area contributed by atoms with Crippen LogP contribution in [0, 0.1) is 11.6 Å². The van der Waals surface area contributed by atoms with Gasteiger partial charge < -0.3 is 9.84 Å². The highest BCUT2D eigenvalue weighted by Gasteiger charge is 2.25. The summed E-state index contributed by atoms with van der Waals surface area (Å²) in [6.45, 7) is 3.53. The monoisotopic (exact) mass is 347 g/mol. The van der Waals surface area contributed by atoms with E-state index in [-0.39, 0.29) is 30.9 Å². The lowest BCUT2D eigenvalue weighted by molar-refractivity contribution is 0.00140. The molecule has 0 aliphatic carbocycles. The zero-order chi connectivity index (χ0) is 17.8. The third-order valence-electron chi connectivity index (χ3n) is 4.74. The van der Waals surface area contributed by atoms with Gasteiger partial charge in [0.25, 0.3) is 0 Å². The topological polar surface area (TPSA) is 32.7 Å². The molecule has 0 saturated carbocycles. The summed E-state index contributed by atoms with van der Waals surface area (Å²) in [7, 11) is 0. The second-order valence-corrected chi connectivity index (χ2v) is 6.52. The Labute approximate surface area is 146 Å². The van der Waals surface area contributed by atoms with Crippen molar-refractivity contribution in [1.29, 1.82) is 0 Å². The first kappa shape index (κ1) is 18.0. The number of halogens is 2. The molecule has 2 aromatic rings. The maximum absolute atomic E-state index is 13.5. The highest BCUT2D eigenvalue weighted by Crippen LogP contribution is 2.29. The number of benzene rings is 2. The van der Waals surface area contributed by atoms with E-state index in [1.165, 1.54) is 12.1 Å². The minimum absolute atomic E-state index is 0.0423. The summed E-state index contributed by atoms with van der Waals surface area (Å²) in [6, 6.07) is 11.4. The number of rotatable bonds is 6. The lowest BCUT2D eigenvalue weighted by Crippen LogP contribution is -2.40. The number of hydrogen-bond donors (Lipinski definition) is 1. The van der Waals surface area contributed by atoms with Crippen LogP contribution in [0.3, 0.4) is 0 Å². The number of hydrogen-bond acceptors (Lipinski definition) is 3. The van der Waals surface area contributed by atoms with Crippen LogP contribution in [0.1, 0.15) is 29.7 Å². The van der Waals surface area contributed by atoms with E-state index >= 15 is 0 Å². The van der Waals surface area contributed by atoms with E-state index in [0.29, 0.717) is 12.1 Å². The predicted molar refractivity (Wildman–Crippen MR) is 92.2 cm³/mol. The molecule has 3 rings (SSSR count). The Balaban J connectivity index is 1.51. The molecule has 5 heteroatoms. The molecule has 1 heterocycles. The quantitative estimate of drug-likeness (QED) is 0.869. The molecule has 0 amide bonds. The van der Waals surface area contributed by atoms with Crippen molar-refractivity contribution in [3.05, 3.63) is 70.8 Å². The van der Waals surface area contributed by atoms with Crippen molar-refractivity contribution < 1.29 is 18.6 Å². The van der Waals surface area contributed by atoms with Crippen LogP contribution in [0.25, 0.3) is 0 Å². The SMILES string of the molecule is CC1c2cc(F)ccc2CCN1CC(O)COCc1ccccc1F. The lowest BCUT2D eigenvalue weighted by atomic mass is 9.93. The summed E-state index contributed by atoms with van der Waals surface area (Å²) < 4.78 is 32.5. The van der Waals surface area contributed by atoms with Gasteiger partial charge in [0.1, 0.15) is 11.6 Å². The van der Waals surface area contributed by atoms with Gasteiger partial charge in [-0.3, -0.25) is 4.90 Å². The van der Waals surface area contributed by atoms with E-state index in [0.717, 1.165) is 24.1 Å². The van der Waals surface area contributed by atoms with Gasteiger partial charge in [0.15, 0.2) is 0 Å². The van der Waals surface area contributed by atoms with Gasteiger partial charge in [-0.2, -0.15) is 0 Å². The van der Waals surface area contributed by atoms with Crippen LogP contribution in [0.4, 0.5) is 8.78 Å².